The lowest BCUT2D eigenvalue weighted by atomic mass is 10.00. The predicted octanol–water partition coefficient (Wildman–Crippen LogP) is 3.83. The summed E-state index contributed by atoms with van der Waals surface area (Å²) < 4.78 is 25.9. The average Bonchev–Trinajstić information content (AvgIpc) is 2.29. The molecule has 1 N–H and O–H groups in total. The molecule has 0 aromatic rings. The molecule has 0 heterocycles. The van der Waals surface area contributed by atoms with Crippen LogP contribution in [0.4, 0.5) is 0 Å². The van der Waals surface area contributed by atoms with E-state index in [4.69, 9.17) is 4.55 Å². The minimum Gasteiger partial charge on any atom is -0.286 e. The maximum absolute atomic E-state index is 9.19. The molecule has 108 valence electrons. The van der Waals surface area contributed by atoms with Gasteiger partial charge in [-0.3, -0.25) is 4.55 Å². The Bertz CT molecular complexity index is 280. The fraction of sp³-hybridized carbons (Fsp3) is 1.00. The SMILES string of the molecule is C1CCC(PC2CCCCC2)CC1.CS(=O)(=O)O. The smallest absolute Gasteiger partial charge is 0.261 e. The molecular formula is C13H27O3PS. The lowest BCUT2D eigenvalue weighted by Gasteiger charge is -2.28. The third-order valence-corrected chi connectivity index (χ3v) is 5.78. The van der Waals surface area contributed by atoms with Crippen molar-refractivity contribution >= 4 is 18.7 Å². The third kappa shape index (κ3) is 9.29. The van der Waals surface area contributed by atoms with Crippen molar-refractivity contribution in [2.24, 2.45) is 0 Å². The first kappa shape index (κ1) is 16.4. The van der Waals surface area contributed by atoms with Crippen LogP contribution in [0.25, 0.3) is 0 Å². The van der Waals surface area contributed by atoms with Gasteiger partial charge in [-0.25, -0.2) is 0 Å². The van der Waals surface area contributed by atoms with Crippen molar-refractivity contribution < 1.29 is 13.0 Å². The van der Waals surface area contributed by atoms with Gasteiger partial charge in [0.2, 0.25) is 0 Å². The molecule has 5 heteroatoms. The molecule has 0 amide bonds. The van der Waals surface area contributed by atoms with E-state index in [2.05, 4.69) is 0 Å². The number of hydrogen-bond donors (Lipinski definition) is 1. The minimum atomic E-state index is -3.67. The molecule has 0 aromatic carbocycles. The zero-order valence-corrected chi connectivity index (χ0v) is 13.2. The maximum Gasteiger partial charge on any atom is 0.261 e. The van der Waals surface area contributed by atoms with Crippen molar-refractivity contribution in [2.75, 3.05) is 6.26 Å². The van der Waals surface area contributed by atoms with Crippen molar-refractivity contribution in [3.63, 3.8) is 0 Å². The molecule has 0 spiro atoms. The second-order valence-corrected chi connectivity index (χ2v) is 9.00. The molecule has 0 radical (unpaired) electrons. The second kappa shape index (κ2) is 8.50. The predicted molar refractivity (Wildman–Crippen MR) is 79.5 cm³/mol. The Kier molecular flexibility index (Phi) is 7.74. The topological polar surface area (TPSA) is 54.4 Å². The molecule has 0 saturated heterocycles. The van der Waals surface area contributed by atoms with E-state index in [1.54, 1.807) is 25.7 Å². The van der Waals surface area contributed by atoms with Gasteiger partial charge in [0, 0.05) is 0 Å². The quantitative estimate of drug-likeness (QED) is 0.622. The molecule has 2 aliphatic rings. The van der Waals surface area contributed by atoms with E-state index in [-0.39, 0.29) is 0 Å². The average molecular weight is 294 g/mol. The van der Waals surface area contributed by atoms with Crippen LogP contribution in [0.5, 0.6) is 0 Å². The van der Waals surface area contributed by atoms with Gasteiger partial charge in [-0.2, -0.15) is 8.42 Å². The highest BCUT2D eigenvalue weighted by molar-refractivity contribution is 7.85. The summed E-state index contributed by atoms with van der Waals surface area (Å²) in [6, 6.07) is 0. The van der Waals surface area contributed by atoms with Gasteiger partial charge >= 0.3 is 0 Å². The van der Waals surface area contributed by atoms with E-state index in [1.807, 2.05) is 0 Å². The fourth-order valence-corrected chi connectivity index (χ4v) is 5.02. The van der Waals surface area contributed by atoms with Gasteiger partial charge in [0.05, 0.1) is 6.26 Å². The Morgan fingerprint density at radius 2 is 1.11 bits per heavy atom. The van der Waals surface area contributed by atoms with Crippen molar-refractivity contribution in [1.82, 2.24) is 0 Å². The van der Waals surface area contributed by atoms with E-state index >= 15 is 0 Å². The Hall–Kier alpha value is 0.340. The Labute approximate surface area is 114 Å². The highest BCUT2D eigenvalue weighted by Gasteiger charge is 2.20. The third-order valence-electron chi connectivity index (χ3n) is 3.68. The van der Waals surface area contributed by atoms with Crippen LogP contribution in [0, 0.1) is 0 Å². The van der Waals surface area contributed by atoms with Crippen molar-refractivity contribution in [2.45, 2.75) is 75.5 Å². The summed E-state index contributed by atoms with van der Waals surface area (Å²) in [7, 11) is -2.34. The Balaban J connectivity index is 0.000000280. The largest absolute Gasteiger partial charge is 0.286 e. The molecule has 2 saturated carbocycles. The maximum atomic E-state index is 9.19. The summed E-state index contributed by atoms with van der Waals surface area (Å²) in [5, 5.41) is 0. The van der Waals surface area contributed by atoms with Gasteiger partial charge in [0.25, 0.3) is 10.1 Å². The molecular weight excluding hydrogens is 267 g/mol. The second-order valence-electron chi connectivity index (χ2n) is 5.57. The van der Waals surface area contributed by atoms with Crippen LogP contribution in [-0.4, -0.2) is 30.5 Å². The van der Waals surface area contributed by atoms with Crippen LogP contribution in [0.1, 0.15) is 64.2 Å². The minimum absolute atomic E-state index is 0.715. The molecule has 0 aliphatic heterocycles. The van der Waals surface area contributed by atoms with E-state index in [0.717, 1.165) is 11.3 Å². The van der Waals surface area contributed by atoms with Gasteiger partial charge in [0.15, 0.2) is 0 Å². The molecule has 0 bridgehead atoms. The van der Waals surface area contributed by atoms with Crippen LogP contribution < -0.4 is 0 Å². The molecule has 2 aliphatic carbocycles. The van der Waals surface area contributed by atoms with E-state index < -0.39 is 10.1 Å². The summed E-state index contributed by atoms with van der Waals surface area (Å²) >= 11 is 0. The summed E-state index contributed by atoms with van der Waals surface area (Å²) in [5.41, 5.74) is 2.30. The van der Waals surface area contributed by atoms with Crippen LogP contribution in [0.15, 0.2) is 0 Å². The van der Waals surface area contributed by atoms with Crippen LogP contribution in [0.2, 0.25) is 0 Å². The molecule has 2 fully saturated rings. The van der Waals surface area contributed by atoms with E-state index in [1.165, 1.54) is 47.1 Å². The zero-order chi connectivity index (χ0) is 13.4. The zero-order valence-electron chi connectivity index (χ0n) is 11.4. The van der Waals surface area contributed by atoms with Gasteiger partial charge in [-0.1, -0.05) is 38.5 Å². The molecule has 0 atom stereocenters. The van der Waals surface area contributed by atoms with Gasteiger partial charge in [-0.05, 0) is 37.0 Å². The van der Waals surface area contributed by atoms with Gasteiger partial charge in [-0.15, -0.1) is 8.58 Å². The lowest BCUT2D eigenvalue weighted by Crippen LogP contribution is -2.14. The first-order chi connectivity index (χ1) is 8.45. The molecule has 0 unspecified atom stereocenters. The Morgan fingerprint density at radius 3 is 1.39 bits per heavy atom. The van der Waals surface area contributed by atoms with Gasteiger partial charge in [0.1, 0.15) is 0 Å². The highest BCUT2D eigenvalue weighted by atomic mass is 32.2. The van der Waals surface area contributed by atoms with E-state index in [0.29, 0.717) is 6.26 Å². The van der Waals surface area contributed by atoms with Crippen LogP contribution >= 0.6 is 8.58 Å². The first-order valence-corrected chi connectivity index (χ1v) is 10.1. The normalized spacial score (nSPS) is 23.2. The van der Waals surface area contributed by atoms with E-state index in [9.17, 15) is 8.42 Å². The van der Waals surface area contributed by atoms with Gasteiger partial charge < -0.3 is 0 Å². The summed E-state index contributed by atoms with van der Waals surface area (Å²) in [5.74, 6) is 0. The molecule has 3 nitrogen and oxygen atoms in total. The monoisotopic (exact) mass is 294 g/mol. The lowest BCUT2D eigenvalue weighted by molar-refractivity contribution is 0.490. The van der Waals surface area contributed by atoms with Crippen molar-refractivity contribution in [3.8, 4) is 0 Å². The summed E-state index contributed by atoms with van der Waals surface area (Å²) in [6.45, 7) is 0. The summed E-state index contributed by atoms with van der Waals surface area (Å²) in [6.07, 6.45) is 16.1. The number of rotatable bonds is 2. The van der Waals surface area contributed by atoms with Crippen molar-refractivity contribution in [3.05, 3.63) is 0 Å². The van der Waals surface area contributed by atoms with Crippen LogP contribution in [0.3, 0.4) is 0 Å². The molecule has 0 aromatic heterocycles. The van der Waals surface area contributed by atoms with Crippen molar-refractivity contribution in [1.29, 1.82) is 0 Å². The standard InChI is InChI=1S/C12H23P.CH4O3S/c1-3-7-11(8-4-1)13-12-9-5-2-6-10-12;1-5(2,3)4/h11-13H,1-10H2;1H3,(H,2,3,4). The Morgan fingerprint density at radius 1 is 0.833 bits per heavy atom. The molecule has 2 rings (SSSR count). The first-order valence-electron chi connectivity index (χ1n) is 7.13. The molecule has 18 heavy (non-hydrogen) atoms. The van der Waals surface area contributed by atoms with Crippen LogP contribution in [-0.2, 0) is 10.1 Å². The number of hydrogen-bond acceptors (Lipinski definition) is 2. The highest BCUT2D eigenvalue weighted by Crippen LogP contribution is 2.41. The fourth-order valence-electron chi connectivity index (χ4n) is 2.87. The summed E-state index contributed by atoms with van der Waals surface area (Å²) in [4.78, 5) is 0.